The predicted octanol–water partition coefficient (Wildman–Crippen LogP) is 2.76. The Hall–Kier alpha value is -2.40. The maximum Gasteiger partial charge on any atom is 0.255 e. The van der Waals surface area contributed by atoms with E-state index < -0.39 is 5.82 Å². The van der Waals surface area contributed by atoms with Gasteiger partial charge in [0.05, 0.1) is 6.61 Å². The lowest BCUT2D eigenvalue weighted by atomic mass is 10.1. The molecule has 1 amide bonds. The van der Waals surface area contributed by atoms with Crippen LogP contribution in [0.1, 0.15) is 15.9 Å². The zero-order valence-corrected chi connectivity index (χ0v) is 11.6. The Morgan fingerprint density at radius 3 is 2.57 bits per heavy atom. The normalized spacial score (nSPS) is 10.2. The smallest absolute Gasteiger partial charge is 0.255 e. The van der Waals surface area contributed by atoms with Crippen LogP contribution in [0.2, 0.25) is 0 Å². The number of amides is 1. The van der Waals surface area contributed by atoms with Gasteiger partial charge in [-0.3, -0.25) is 4.79 Å². The van der Waals surface area contributed by atoms with E-state index in [9.17, 15) is 9.18 Å². The Bertz CT molecular complexity index is 626. The number of carbonyl (C=O) groups is 1. The van der Waals surface area contributed by atoms with Crippen LogP contribution in [0.15, 0.2) is 42.5 Å². The Kier molecular flexibility index (Phi) is 4.90. The first-order valence-corrected chi connectivity index (χ1v) is 6.51. The van der Waals surface area contributed by atoms with E-state index in [0.717, 1.165) is 0 Å². The largest absolute Gasteiger partial charge is 0.491 e. The quantitative estimate of drug-likeness (QED) is 0.890. The van der Waals surface area contributed by atoms with Crippen LogP contribution in [0.5, 0.6) is 5.75 Å². The van der Waals surface area contributed by atoms with E-state index in [0.29, 0.717) is 17.0 Å². The number of aliphatic hydroxyl groups excluding tert-OH is 1. The Balaban J connectivity index is 2.03. The van der Waals surface area contributed by atoms with Gasteiger partial charge < -0.3 is 15.2 Å². The topological polar surface area (TPSA) is 58.6 Å². The fourth-order valence-electron chi connectivity index (χ4n) is 1.74. The number of nitrogens with one attached hydrogen (secondary N) is 1. The van der Waals surface area contributed by atoms with Crippen LogP contribution in [0.3, 0.4) is 0 Å². The molecule has 5 heteroatoms. The molecule has 0 saturated heterocycles. The van der Waals surface area contributed by atoms with Crippen molar-refractivity contribution in [2.45, 2.75) is 6.92 Å². The summed E-state index contributed by atoms with van der Waals surface area (Å²) in [7, 11) is 0. The highest BCUT2D eigenvalue weighted by molar-refractivity contribution is 6.04. The minimum Gasteiger partial charge on any atom is -0.491 e. The second-order valence-corrected chi connectivity index (χ2v) is 4.51. The minimum atomic E-state index is -0.407. The molecule has 21 heavy (non-hydrogen) atoms. The number of aryl methyl sites for hydroxylation is 1. The van der Waals surface area contributed by atoms with Gasteiger partial charge in [-0.2, -0.15) is 0 Å². The SMILES string of the molecule is Cc1ccc(C(=O)Nc2ccc(OCCO)cc2)cc1F. The molecule has 0 aromatic heterocycles. The molecule has 0 bridgehead atoms. The molecule has 2 aromatic carbocycles. The Labute approximate surface area is 122 Å². The van der Waals surface area contributed by atoms with E-state index in [1.807, 2.05) is 0 Å². The molecule has 0 atom stereocenters. The standard InChI is InChI=1S/C16H16FNO3/c1-11-2-3-12(10-15(11)17)16(20)18-13-4-6-14(7-5-13)21-9-8-19/h2-7,10,19H,8-9H2,1H3,(H,18,20). The van der Waals surface area contributed by atoms with Crippen molar-refractivity contribution in [3.8, 4) is 5.75 Å². The van der Waals surface area contributed by atoms with E-state index in [1.54, 1.807) is 43.3 Å². The van der Waals surface area contributed by atoms with E-state index >= 15 is 0 Å². The molecule has 0 spiro atoms. The summed E-state index contributed by atoms with van der Waals surface area (Å²) in [5.74, 6) is -0.184. The van der Waals surface area contributed by atoms with Crippen molar-refractivity contribution in [3.05, 3.63) is 59.4 Å². The summed E-state index contributed by atoms with van der Waals surface area (Å²) >= 11 is 0. The van der Waals surface area contributed by atoms with Gasteiger partial charge in [-0.25, -0.2) is 4.39 Å². The van der Waals surface area contributed by atoms with Crippen LogP contribution in [0.25, 0.3) is 0 Å². The van der Waals surface area contributed by atoms with Crippen LogP contribution in [-0.4, -0.2) is 24.2 Å². The highest BCUT2D eigenvalue weighted by Gasteiger charge is 2.08. The second kappa shape index (κ2) is 6.85. The van der Waals surface area contributed by atoms with E-state index in [4.69, 9.17) is 9.84 Å². The van der Waals surface area contributed by atoms with Crippen molar-refractivity contribution in [2.75, 3.05) is 18.5 Å². The van der Waals surface area contributed by atoms with E-state index in [-0.39, 0.29) is 24.7 Å². The first kappa shape index (κ1) is 15.0. The number of carbonyl (C=O) groups excluding carboxylic acids is 1. The zero-order valence-electron chi connectivity index (χ0n) is 11.6. The van der Waals surface area contributed by atoms with Gasteiger partial charge in [-0.05, 0) is 48.9 Å². The molecule has 2 aromatic rings. The number of halogens is 1. The average molecular weight is 289 g/mol. The second-order valence-electron chi connectivity index (χ2n) is 4.51. The van der Waals surface area contributed by atoms with Gasteiger partial charge in [-0.15, -0.1) is 0 Å². The third kappa shape index (κ3) is 4.03. The summed E-state index contributed by atoms with van der Waals surface area (Å²) in [6, 6.07) is 11.1. The first-order valence-electron chi connectivity index (χ1n) is 6.51. The number of ether oxygens (including phenoxy) is 1. The number of hydrogen-bond donors (Lipinski definition) is 2. The monoisotopic (exact) mass is 289 g/mol. The average Bonchev–Trinajstić information content (AvgIpc) is 2.49. The first-order chi connectivity index (χ1) is 10.1. The lowest BCUT2D eigenvalue weighted by molar-refractivity contribution is 0.102. The number of hydrogen-bond acceptors (Lipinski definition) is 3. The summed E-state index contributed by atoms with van der Waals surface area (Å²) < 4.78 is 18.6. The fourth-order valence-corrected chi connectivity index (χ4v) is 1.74. The third-order valence-electron chi connectivity index (χ3n) is 2.91. The van der Waals surface area contributed by atoms with Gasteiger partial charge in [0.2, 0.25) is 0 Å². The highest BCUT2D eigenvalue weighted by Crippen LogP contribution is 2.17. The van der Waals surface area contributed by atoms with Gasteiger partial charge in [-0.1, -0.05) is 6.07 Å². The molecule has 110 valence electrons. The van der Waals surface area contributed by atoms with Gasteiger partial charge in [0.25, 0.3) is 5.91 Å². The number of benzene rings is 2. The molecule has 0 saturated carbocycles. The van der Waals surface area contributed by atoms with Crippen LogP contribution >= 0.6 is 0 Å². The molecule has 0 aliphatic rings. The van der Waals surface area contributed by atoms with E-state index in [1.165, 1.54) is 6.07 Å². The van der Waals surface area contributed by atoms with Crippen LogP contribution < -0.4 is 10.1 Å². The molecule has 0 radical (unpaired) electrons. The van der Waals surface area contributed by atoms with Crippen LogP contribution in [0, 0.1) is 12.7 Å². The van der Waals surface area contributed by atoms with Crippen LogP contribution in [0.4, 0.5) is 10.1 Å². The van der Waals surface area contributed by atoms with Gasteiger partial charge in [0, 0.05) is 11.3 Å². The molecule has 0 aliphatic carbocycles. The van der Waals surface area contributed by atoms with Crippen molar-refractivity contribution in [1.29, 1.82) is 0 Å². The molecule has 2 rings (SSSR count). The zero-order chi connectivity index (χ0) is 15.2. The van der Waals surface area contributed by atoms with Crippen molar-refractivity contribution in [3.63, 3.8) is 0 Å². The fraction of sp³-hybridized carbons (Fsp3) is 0.188. The summed E-state index contributed by atoms with van der Waals surface area (Å²) in [5, 5.41) is 11.3. The summed E-state index contributed by atoms with van der Waals surface area (Å²) in [5.41, 5.74) is 1.34. The van der Waals surface area contributed by atoms with Crippen LogP contribution in [-0.2, 0) is 0 Å². The minimum absolute atomic E-state index is 0.0581. The summed E-state index contributed by atoms with van der Waals surface area (Å²) in [6.45, 7) is 1.80. The van der Waals surface area contributed by atoms with Gasteiger partial charge in [0.15, 0.2) is 0 Å². The molecular formula is C16H16FNO3. The summed E-state index contributed by atoms with van der Waals surface area (Å²) in [6.07, 6.45) is 0. The van der Waals surface area contributed by atoms with Crippen molar-refractivity contribution >= 4 is 11.6 Å². The number of aliphatic hydroxyl groups is 1. The Morgan fingerprint density at radius 2 is 1.95 bits per heavy atom. The predicted molar refractivity (Wildman–Crippen MR) is 78.1 cm³/mol. The number of rotatable bonds is 5. The maximum absolute atomic E-state index is 13.4. The molecule has 0 heterocycles. The number of anilines is 1. The molecule has 0 fully saturated rings. The molecule has 0 unspecified atom stereocenters. The van der Waals surface area contributed by atoms with Crippen molar-refractivity contribution < 1.29 is 19.0 Å². The molecule has 4 nitrogen and oxygen atoms in total. The summed E-state index contributed by atoms with van der Waals surface area (Å²) in [4.78, 5) is 12.0. The van der Waals surface area contributed by atoms with Gasteiger partial charge in [0.1, 0.15) is 18.2 Å². The Morgan fingerprint density at radius 1 is 1.24 bits per heavy atom. The van der Waals surface area contributed by atoms with E-state index in [2.05, 4.69) is 5.32 Å². The lowest BCUT2D eigenvalue weighted by Gasteiger charge is -2.08. The third-order valence-corrected chi connectivity index (χ3v) is 2.91. The molecular weight excluding hydrogens is 273 g/mol. The highest BCUT2D eigenvalue weighted by atomic mass is 19.1. The van der Waals surface area contributed by atoms with Crippen molar-refractivity contribution in [1.82, 2.24) is 0 Å². The lowest BCUT2D eigenvalue weighted by Crippen LogP contribution is -2.12. The molecule has 2 N–H and O–H groups in total. The van der Waals surface area contributed by atoms with Gasteiger partial charge >= 0.3 is 0 Å². The maximum atomic E-state index is 13.4. The molecule has 0 aliphatic heterocycles. The van der Waals surface area contributed by atoms with Crippen molar-refractivity contribution in [2.24, 2.45) is 0 Å².